The highest BCUT2D eigenvalue weighted by molar-refractivity contribution is 6.30. The number of hydrogen-bond donors (Lipinski definition) is 1. The molecule has 1 nitrogen and oxygen atoms in total. The Hall–Kier alpha value is -0.670. The van der Waals surface area contributed by atoms with Gasteiger partial charge in [-0.1, -0.05) is 11.6 Å². The van der Waals surface area contributed by atoms with Crippen molar-refractivity contribution in [1.82, 2.24) is 0 Å². The van der Waals surface area contributed by atoms with E-state index in [1.165, 1.54) is 0 Å². The minimum atomic E-state index is -0.610. The molecule has 1 aromatic rings. The minimum absolute atomic E-state index is 0.201. The van der Waals surface area contributed by atoms with Gasteiger partial charge < -0.3 is 5.73 Å². The van der Waals surface area contributed by atoms with Gasteiger partial charge in [-0.2, -0.15) is 0 Å². The third kappa shape index (κ3) is 1.93. The second kappa shape index (κ2) is 3.83. The van der Waals surface area contributed by atoms with Gasteiger partial charge in [0.1, 0.15) is 11.6 Å². The van der Waals surface area contributed by atoms with Crippen LogP contribution < -0.4 is 5.73 Å². The van der Waals surface area contributed by atoms with E-state index in [9.17, 15) is 8.78 Å². The van der Waals surface area contributed by atoms with Crippen LogP contribution in [0.1, 0.15) is 5.56 Å². The summed E-state index contributed by atoms with van der Waals surface area (Å²) < 4.78 is 25.7. The monoisotopic (exact) mass is 191 g/mol. The van der Waals surface area contributed by atoms with E-state index in [1.807, 2.05) is 0 Å². The molecule has 2 N–H and O–H groups in total. The average Bonchev–Trinajstić information content (AvgIpc) is 2.01. The molecule has 1 aromatic carbocycles. The molecule has 4 heteroatoms. The Morgan fingerprint density at radius 1 is 1.25 bits per heavy atom. The van der Waals surface area contributed by atoms with Crippen LogP contribution >= 0.6 is 11.6 Å². The van der Waals surface area contributed by atoms with Crippen molar-refractivity contribution in [2.75, 3.05) is 6.54 Å². The van der Waals surface area contributed by atoms with Crippen LogP contribution in [-0.4, -0.2) is 6.54 Å². The Kier molecular flexibility index (Phi) is 3.00. The fourth-order valence-electron chi connectivity index (χ4n) is 0.911. The first kappa shape index (κ1) is 9.42. The molecule has 0 fully saturated rings. The predicted octanol–water partition coefficient (Wildman–Crippen LogP) is 2.12. The van der Waals surface area contributed by atoms with Gasteiger partial charge in [0.25, 0.3) is 0 Å². The maximum atomic E-state index is 12.9. The van der Waals surface area contributed by atoms with E-state index in [4.69, 9.17) is 17.3 Å². The molecule has 0 aromatic heterocycles. The predicted molar refractivity (Wildman–Crippen MR) is 44.1 cm³/mol. The van der Waals surface area contributed by atoms with Crippen molar-refractivity contribution in [3.8, 4) is 0 Å². The molecule has 1 rings (SSSR count). The lowest BCUT2D eigenvalue weighted by Crippen LogP contribution is -2.05. The van der Waals surface area contributed by atoms with E-state index in [-0.39, 0.29) is 17.1 Å². The van der Waals surface area contributed by atoms with Crippen LogP contribution in [-0.2, 0) is 6.42 Å². The molecule has 0 radical (unpaired) electrons. The normalized spacial score (nSPS) is 10.3. The van der Waals surface area contributed by atoms with Gasteiger partial charge in [-0.25, -0.2) is 8.78 Å². The van der Waals surface area contributed by atoms with Crippen molar-refractivity contribution < 1.29 is 8.78 Å². The zero-order valence-corrected chi connectivity index (χ0v) is 7.04. The molecule has 0 amide bonds. The summed E-state index contributed by atoms with van der Waals surface area (Å²) in [6.45, 7) is 0.290. The van der Waals surface area contributed by atoms with E-state index in [0.717, 1.165) is 12.1 Å². The fourth-order valence-corrected chi connectivity index (χ4v) is 1.06. The molecule has 0 unspecified atom stereocenters. The van der Waals surface area contributed by atoms with Crippen LogP contribution in [0.25, 0.3) is 0 Å². The summed E-state index contributed by atoms with van der Waals surface area (Å²) in [6.07, 6.45) is 0.319. The number of rotatable bonds is 2. The Labute approximate surface area is 74.1 Å². The molecule has 0 bridgehead atoms. The lowest BCUT2D eigenvalue weighted by molar-refractivity contribution is 0.585. The summed E-state index contributed by atoms with van der Waals surface area (Å²) in [6, 6.07) is 2.03. The maximum Gasteiger partial charge on any atom is 0.142 e. The number of nitrogens with two attached hydrogens (primary N) is 1. The van der Waals surface area contributed by atoms with Gasteiger partial charge in [-0.3, -0.25) is 0 Å². The summed E-state index contributed by atoms with van der Waals surface area (Å²) in [7, 11) is 0. The van der Waals surface area contributed by atoms with Crippen molar-refractivity contribution in [3.05, 3.63) is 34.4 Å². The van der Waals surface area contributed by atoms with Crippen molar-refractivity contribution in [2.24, 2.45) is 5.73 Å². The topological polar surface area (TPSA) is 26.0 Å². The van der Waals surface area contributed by atoms with Gasteiger partial charge in [0.2, 0.25) is 0 Å². The van der Waals surface area contributed by atoms with E-state index in [2.05, 4.69) is 0 Å². The first-order valence-corrected chi connectivity index (χ1v) is 3.86. The second-order valence-electron chi connectivity index (χ2n) is 2.40. The summed E-state index contributed by atoms with van der Waals surface area (Å²) in [5.41, 5.74) is 5.46. The van der Waals surface area contributed by atoms with E-state index in [0.29, 0.717) is 6.42 Å². The minimum Gasteiger partial charge on any atom is -0.330 e. The van der Waals surface area contributed by atoms with Crippen molar-refractivity contribution in [1.29, 1.82) is 0 Å². The van der Waals surface area contributed by atoms with Crippen LogP contribution in [0.15, 0.2) is 12.1 Å². The van der Waals surface area contributed by atoms with Crippen LogP contribution in [0.5, 0.6) is 0 Å². The molecule has 0 aliphatic rings. The van der Waals surface area contributed by atoms with Crippen molar-refractivity contribution in [2.45, 2.75) is 6.42 Å². The molecule has 12 heavy (non-hydrogen) atoms. The smallest absolute Gasteiger partial charge is 0.142 e. The van der Waals surface area contributed by atoms with Gasteiger partial charge in [-0.15, -0.1) is 0 Å². The molecule has 66 valence electrons. The highest BCUT2D eigenvalue weighted by Gasteiger charge is 2.06. The molecule has 0 aliphatic heterocycles. The first-order chi connectivity index (χ1) is 5.65. The van der Waals surface area contributed by atoms with Crippen LogP contribution in [0.2, 0.25) is 5.02 Å². The number of halogens is 3. The Morgan fingerprint density at radius 2 is 1.92 bits per heavy atom. The van der Waals surface area contributed by atoms with Gasteiger partial charge in [-0.05, 0) is 30.7 Å². The van der Waals surface area contributed by atoms with Gasteiger partial charge in [0.05, 0.1) is 5.02 Å². The quantitative estimate of drug-likeness (QED) is 0.712. The van der Waals surface area contributed by atoms with Gasteiger partial charge in [0, 0.05) is 0 Å². The summed E-state index contributed by atoms with van der Waals surface area (Å²) >= 11 is 5.34. The average molecular weight is 192 g/mol. The Bertz CT molecular complexity index is 289. The van der Waals surface area contributed by atoms with Crippen molar-refractivity contribution >= 4 is 11.6 Å². The molecule has 0 heterocycles. The molecule has 0 atom stereocenters. The van der Waals surface area contributed by atoms with E-state index < -0.39 is 11.6 Å². The largest absolute Gasteiger partial charge is 0.330 e. The zero-order valence-electron chi connectivity index (χ0n) is 6.28. The highest BCUT2D eigenvalue weighted by atomic mass is 35.5. The first-order valence-electron chi connectivity index (χ1n) is 3.48. The molecular formula is C8H8ClF2N. The summed E-state index contributed by atoms with van der Waals surface area (Å²) in [5.74, 6) is -1.12. The molecule has 0 spiro atoms. The Morgan fingerprint density at radius 3 is 2.50 bits per heavy atom. The number of hydrogen-bond acceptors (Lipinski definition) is 1. The van der Waals surface area contributed by atoms with Gasteiger partial charge >= 0.3 is 0 Å². The van der Waals surface area contributed by atoms with E-state index in [1.54, 1.807) is 0 Å². The third-order valence-electron chi connectivity index (χ3n) is 1.50. The van der Waals surface area contributed by atoms with Crippen LogP contribution in [0.3, 0.4) is 0 Å². The fraction of sp³-hybridized carbons (Fsp3) is 0.250. The maximum absolute atomic E-state index is 12.9. The molecule has 0 aliphatic carbocycles. The second-order valence-corrected chi connectivity index (χ2v) is 2.80. The van der Waals surface area contributed by atoms with Crippen molar-refractivity contribution in [3.63, 3.8) is 0 Å². The summed E-state index contributed by atoms with van der Waals surface area (Å²) in [4.78, 5) is 0. The molecule has 0 saturated carbocycles. The SMILES string of the molecule is NCCc1cc(F)c(Cl)cc1F. The standard InChI is InChI=1S/C8H8ClF2N/c9-6-4-7(10)5(1-2-12)3-8(6)11/h3-4H,1-2,12H2. The van der Waals surface area contributed by atoms with Crippen LogP contribution in [0, 0.1) is 11.6 Å². The highest BCUT2D eigenvalue weighted by Crippen LogP contribution is 2.19. The Balaban J connectivity index is 3.05. The summed E-state index contributed by atoms with van der Waals surface area (Å²) in [5, 5.41) is -0.201. The zero-order chi connectivity index (χ0) is 9.14. The lowest BCUT2D eigenvalue weighted by atomic mass is 10.1. The molecule has 0 saturated heterocycles. The lowest BCUT2D eigenvalue weighted by Gasteiger charge is -2.02. The van der Waals surface area contributed by atoms with E-state index >= 15 is 0 Å². The third-order valence-corrected chi connectivity index (χ3v) is 1.79. The molecular weight excluding hydrogens is 184 g/mol. The van der Waals surface area contributed by atoms with Crippen LogP contribution in [0.4, 0.5) is 8.78 Å². The number of benzene rings is 1. The van der Waals surface area contributed by atoms with Gasteiger partial charge in [0.15, 0.2) is 0 Å².